The third kappa shape index (κ3) is 8.91. The highest BCUT2D eigenvalue weighted by Crippen LogP contribution is 2.35. The third-order valence-corrected chi connectivity index (χ3v) is 5.23. The quantitative estimate of drug-likeness (QED) is 0.407. The molecular formula is C20H38O4. The predicted octanol–water partition coefficient (Wildman–Crippen LogP) is 5.32. The molecule has 0 aliphatic heterocycles. The average molecular weight is 343 g/mol. The smallest absolute Gasteiger partial charge is 0.434 e. The van der Waals surface area contributed by atoms with Crippen LogP contribution in [0, 0.1) is 17.8 Å². The summed E-state index contributed by atoms with van der Waals surface area (Å²) in [6.45, 7) is 7.42. The van der Waals surface area contributed by atoms with Crippen LogP contribution >= 0.6 is 0 Å². The molecule has 24 heavy (non-hydrogen) atoms. The number of rotatable bonds is 11. The van der Waals surface area contributed by atoms with Crippen LogP contribution in [0.25, 0.3) is 0 Å². The van der Waals surface area contributed by atoms with E-state index in [0.29, 0.717) is 31.0 Å². The Morgan fingerprint density at radius 2 is 1.67 bits per heavy atom. The Kier molecular flexibility index (Phi) is 11.1. The number of ether oxygens (including phenoxy) is 2. The van der Waals surface area contributed by atoms with Gasteiger partial charge in [-0.25, -0.2) is 4.79 Å². The Bertz CT molecular complexity index is 330. The molecule has 142 valence electrons. The number of carbonyl (C=O) groups is 1. The van der Waals surface area contributed by atoms with E-state index < -0.39 is 6.16 Å². The van der Waals surface area contributed by atoms with E-state index in [0.717, 1.165) is 38.5 Å². The Balaban J connectivity index is 2.10. The summed E-state index contributed by atoms with van der Waals surface area (Å²) in [7, 11) is 0. The number of unbranched alkanes of at least 4 members (excludes halogenated alkanes) is 6. The Morgan fingerprint density at radius 3 is 2.29 bits per heavy atom. The molecule has 1 N–H and O–H groups in total. The second-order valence-corrected chi connectivity index (χ2v) is 7.78. The first-order chi connectivity index (χ1) is 11.5. The van der Waals surface area contributed by atoms with Crippen LogP contribution in [0.2, 0.25) is 0 Å². The summed E-state index contributed by atoms with van der Waals surface area (Å²) in [5.74, 6) is 1.64. The molecule has 0 aromatic carbocycles. The van der Waals surface area contributed by atoms with E-state index in [2.05, 4.69) is 20.8 Å². The van der Waals surface area contributed by atoms with Gasteiger partial charge in [-0.2, -0.15) is 0 Å². The van der Waals surface area contributed by atoms with Crippen molar-refractivity contribution in [3.63, 3.8) is 0 Å². The summed E-state index contributed by atoms with van der Waals surface area (Å²) in [6.07, 6.45) is 10.4. The van der Waals surface area contributed by atoms with E-state index in [1.54, 1.807) is 0 Å². The zero-order chi connectivity index (χ0) is 17.8. The molecule has 1 fully saturated rings. The first-order valence-electron chi connectivity index (χ1n) is 9.98. The van der Waals surface area contributed by atoms with E-state index in [1.807, 2.05) is 0 Å². The summed E-state index contributed by atoms with van der Waals surface area (Å²) >= 11 is 0. The molecule has 4 heteroatoms. The molecule has 3 atom stereocenters. The van der Waals surface area contributed by atoms with Crippen molar-refractivity contribution >= 4 is 6.16 Å². The topological polar surface area (TPSA) is 55.8 Å². The molecule has 4 nitrogen and oxygen atoms in total. The Morgan fingerprint density at radius 1 is 1.04 bits per heavy atom. The lowest BCUT2D eigenvalue weighted by Gasteiger charge is -2.36. The fourth-order valence-corrected chi connectivity index (χ4v) is 3.66. The van der Waals surface area contributed by atoms with Crippen molar-refractivity contribution in [1.82, 2.24) is 0 Å². The highest BCUT2D eigenvalue weighted by Gasteiger charge is 2.33. The molecular weight excluding hydrogens is 304 g/mol. The van der Waals surface area contributed by atoms with Crippen LogP contribution in [-0.2, 0) is 9.47 Å². The lowest BCUT2D eigenvalue weighted by molar-refractivity contribution is -0.0321. The van der Waals surface area contributed by atoms with Crippen LogP contribution in [0.1, 0.15) is 85.0 Å². The minimum Gasteiger partial charge on any atom is -0.434 e. The summed E-state index contributed by atoms with van der Waals surface area (Å²) < 4.78 is 10.9. The van der Waals surface area contributed by atoms with Gasteiger partial charge in [-0.3, -0.25) is 0 Å². The Hall–Kier alpha value is -0.770. The highest BCUT2D eigenvalue weighted by atomic mass is 16.7. The maximum atomic E-state index is 11.9. The van der Waals surface area contributed by atoms with Crippen LogP contribution in [0.15, 0.2) is 0 Å². The van der Waals surface area contributed by atoms with Gasteiger partial charge < -0.3 is 14.6 Å². The van der Waals surface area contributed by atoms with Crippen LogP contribution in [0.4, 0.5) is 4.79 Å². The van der Waals surface area contributed by atoms with Gasteiger partial charge in [-0.1, -0.05) is 59.3 Å². The Labute approximate surface area is 148 Å². The van der Waals surface area contributed by atoms with Gasteiger partial charge in [0, 0.05) is 6.61 Å². The summed E-state index contributed by atoms with van der Waals surface area (Å²) in [5.41, 5.74) is 0. The average Bonchev–Trinajstić information content (AvgIpc) is 2.53. The standard InChI is InChI=1S/C20H38O4/c1-16(2)18-12-11-17(3)15-19(18)24-20(22)23-14-10-8-6-4-5-7-9-13-21/h16-19,21H,4-15H2,1-3H3. The van der Waals surface area contributed by atoms with Crippen molar-refractivity contribution in [2.45, 2.75) is 91.1 Å². The van der Waals surface area contributed by atoms with Gasteiger partial charge in [0.1, 0.15) is 6.10 Å². The van der Waals surface area contributed by atoms with Gasteiger partial charge in [-0.15, -0.1) is 0 Å². The minimum absolute atomic E-state index is 0.0211. The number of aliphatic hydroxyl groups is 1. The van der Waals surface area contributed by atoms with Crippen molar-refractivity contribution < 1.29 is 19.4 Å². The second-order valence-electron chi connectivity index (χ2n) is 7.78. The van der Waals surface area contributed by atoms with E-state index in [1.165, 1.54) is 25.7 Å². The molecule has 1 saturated carbocycles. The molecule has 3 unspecified atom stereocenters. The maximum Gasteiger partial charge on any atom is 0.508 e. The van der Waals surface area contributed by atoms with Gasteiger partial charge >= 0.3 is 6.16 Å². The molecule has 0 amide bonds. The molecule has 0 aromatic heterocycles. The highest BCUT2D eigenvalue weighted by molar-refractivity contribution is 5.60. The molecule has 0 spiro atoms. The second kappa shape index (κ2) is 12.6. The SMILES string of the molecule is CC1CCC(C(C)C)C(OC(=O)OCCCCCCCCCO)C1. The van der Waals surface area contributed by atoms with Crippen molar-refractivity contribution in [3.05, 3.63) is 0 Å². The molecule has 1 rings (SSSR count). The number of carbonyl (C=O) groups excluding carboxylic acids is 1. The van der Waals surface area contributed by atoms with Crippen LogP contribution in [0.5, 0.6) is 0 Å². The van der Waals surface area contributed by atoms with Crippen molar-refractivity contribution in [1.29, 1.82) is 0 Å². The zero-order valence-corrected chi connectivity index (χ0v) is 16.0. The number of hydrogen-bond donors (Lipinski definition) is 1. The van der Waals surface area contributed by atoms with Gasteiger partial charge in [0.25, 0.3) is 0 Å². The number of aliphatic hydroxyl groups excluding tert-OH is 1. The molecule has 1 aliphatic rings. The largest absolute Gasteiger partial charge is 0.508 e. The molecule has 0 aromatic rings. The first-order valence-corrected chi connectivity index (χ1v) is 9.98. The summed E-state index contributed by atoms with van der Waals surface area (Å²) in [5, 5.41) is 8.71. The van der Waals surface area contributed by atoms with E-state index in [4.69, 9.17) is 14.6 Å². The predicted molar refractivity (Wildman–Crippen MR) is 97.0 cm³/mol. The molecule has 0 bridgehead atoms. The molecule has 1 aliphatic carbocycles. The van der Waals surface area contributed by atoms with Crippen molar-refractivity contribution in [3.8, 4) is 0 Å². The summed E-state index contributed by atoms with van der Waals surface area (Å²) in [6, 6.07) is 0. The summed E-state index contributed by atoms with van der Waals surface area (Å²) in [4.78, 5) is 11.9. The monoisotopic (exact) mass is 342 g/mol. The van der Waals surface area contributed by atoms with Gasteiger partial charge in [0.15, 0.2) is 0 Å². The number of hydrogen-bond acceptors (Lipinski definition) is 4. The molecule has 0 heterocycles. The van der Waals surface area contributed by atoms with E-state index >= 15 is 0 Å². The van der Waals surface area contributed by atoms with Crippen molar-refractivity contribution in [2.24, 2.45) is 17.8 Å². The van der Waals surface area contributed by atoms with Gasteiger partial charge in [0.05, 0.1) is 6.61 Å². The van der Waals surface area contributed by atoms with Crippen LogP contribution < -0.4 is 0 Å². The maximum absolute atomic E-state index is 11.9. The van der Waals surface area contributed by atoms with Crippen LogP contribution in [0.3, 0.4) is 0 Å². The lowest BCUT2D eigenvalue weighted by atomic mass is 9.75. The minimum atomic E-state index is -0.484. The van der Waals surface area contributed by atoms with E-state index in [9.17, 15) is 4.79 Å². The van der Waals surface area contributed by atoms with Gasteiger partial charge in [0.2, 0.25) is 0 Å². The van der Waals surface area contributed by atoms with E-state index in [-0.39, 0.29) is 6.10 Å². The molecule has 0 radical (unpaired) electrons. The molecule has 0 saturated heterocycles. The zero-order valence-electron chi connectivity index (χ0n) is 16.0. The third-order valence-electron chi connectivity index (χ3n) is 5.23. The van der Waals surface area contributed by atoms with Crippen LogP contribution in [-0.4, -0.2) is 30.6 Å². The first kappa shape index (κ1) is 21.3. The normalized spacial score (nSPS) is 24.1. The van der Waals surface area contributed by atoms with Crippen molar-refractivity contribution in [2.75, 3.05) is 13.2 Å². The fourth-order valence-electron chi connectivity index (χ4n) is 3.66. The lowest BCUT2D eigenvalue weighted by Crippen LogP contribution is -2.36. The fraction of sp³-hybridized carbons (Fsp3) is 0.950. The van der Waals surface area contributed by atoms with Gasteiger partial charge in [-0.05, 0) is 43.4 Å².